The monoisotopic (exact) mass is 423 g/mol. The fourth-order valence-electron chi connectivity index (χ4n) is 4.39. The Kier molecular flexibility index (Phi) is 5.19. The third-order valence-corrected chi connectivity index (χ3v) is 7.35. The number of hydrogen-bond acceptors (Lipinski definition) is 6. The van der Waals surface area contributed by atoms with Gasteiger partial charge in [-0.1, -0.05) is 0 Å². The van der Waals surface area contributed by atoms with Gasteiger partial charge in [-0.05, 0) is 45.6 Å². The van der Waals surface area contributed by atoms with Crippen molar-refractivity contribution in [2.24, 2.45) is 0 Å². The minimum Gasteiger partial charge on any atom is -0.377 e. The second-order valence-electron chi connectivity index (χ2n) is 8.62. The molecule has 2 aliphatic rings. The van der Waals surface area contributed by atoms with E-state index in [9.17, 15) is 0 Å². The number of pyridine rings is 1. The molecule has 30 heavy (non-hydrogen) atoms. The van der Waals surface area contributed by atoms with Crippen molar-refractivity contribution in [1.29, 1.82) is 0 Å². The summed E-state index contributed by atoms with van der Waals surface area (Å²) in [7, 11) is 0. The molecule has 3 aromatic rings. The number of aromatic nitrogens is 4. The molecule has 5 rings (SSSR count). The summed E-state index contributed by atoms with van der Waals surface area (Å²) in [5.41, 5.74) is 3.22. The van der Waals surface area contributed by atoms with Crippen molar-refractivity contribution in [3.05, 3.63) is 36.3 Å². The van der Waals surface area contributed by atoms with E-state index < -0.39 is 0 Å². The van der Waals surface area contributed by atoms with Crippen LogP contribution in [-0.2, 0) is 4.74 Å². The lowest BCUT2D eigenvalue weighted by atomic mass is 10.1. The molecular formula is C23H29N5OS. The van der Waals surface area contributed by atoms with Crippen LogP contribution in [0.3, 0.4) is 0 Å². The minimum absolute atomic E-state index is 0.310. The van der Waals surface area contributed by atoms with E-state index in [-0.39, 0.29) is 0 Å². The van der Waals surface area contributed by atoms with Crippen molar-refractivity contribution >= 4 is 28.6 Å². The highest BCUT2D eigenvalue weighted by Crippen LogP contribution is 2.48. The third-order valence-electron chi connectivity index (χ3n) is 6.22. The summed E-state index contributed by atoms with van der Waals surface area (Å²) in [6.45, 7) is 8.91. The topological polar surface area (TPSA) is 56.1 Å². The average Bonchev–Trinajstić information content (AvgIpc) is 3.42. The van der Waals surface area contributed by atoms with Gasteiger partial charge in [0.15, 0.2) is 5.82 Å². The van der Waals surface area contributed by atoms with Crippen molar-refractivity contribution in [3.63, 3.8) is 0 Å². The number of morpholine rings is 1. The molecular weight excluding hydrogens is 394 g/mol. The van der Waals surface area contributed by atoms with E-state index in [0.717, 1.165) is 48.0 Å². The molecule has 3 aromatic heterocycles. The van der Waals surface area contributed by atoms with Crippen LogP contribution < -0.4 is 4.90 Å². The average molecular weight is 424 g/mol. The summed E-state index contributed by atoms with van der Waals surface area (Å²) in [5.74, 6) is 2.35. The second kappa shape index (κ2) is 7.85. The van der Waals surface area contributed by atoms with Crippen LogP contribution in [0.15, 0.2) is 30.6 Å². The summed E-state index contributed by atoms with van der Waals surface area (Å²) in [5, 5.41) is 1.78. The number of hydrogen-bond donors (Lipinski definition) is 0. The van der Waals surface area contributed by atoms with E-state index in [1.54, 1.807) is 0 Å². The predicted octanol–water partition coefficient (Wildman–Crippen LogP) is 4.52. The lowest BCUT2D eigenvalue weighted by Gasteiger charge is -2.34. The molecule has 0 spiro atoms. The Bertz CT molecular complexity index is 1060. The fourth-order valence-corrected chi connectivity index (χ4v) is 5.26. The van der Waals surface area contributed by atoms with E-state index in [1.807, 2.05) is 18.0 Å². The Morgan fingerprint density at radius 2 is 2.10 bits per heavy atom. The molecule has 3 atom stereocenters. The smallest absolute Gasteiger partial charge is 0.162 e. The first-order chi connectivity index (χ1) is 14.6. The zero-order valence-electron chi connectivity index (χ0n) is 18.1. The van der Waals surface area contributed by atoms with Crippen LogP contribution in [0.4, 0.5) is 5.82 Å². The van der Waals surface area contributed by atoms with E-state index in [0.29, 0.717) is 23.3 Å². The van der Waals surface area contributed by atoms with E-state index >= 15 is 0 Å². The molecule has 0 amide bonds. The van der Waals surface area contributed by atoms with E-state index in [2.05, 4.69) is 65.9 Å². The van der Waals surface area contributed by atoms with Crippen LogP contribution in [-0.4, -0.2) is 56.8 Å². The van der Waals surface area contributed by atoms with Crippen LogP contribution in [0.25, 0.3) is 22.4 Å². The fraction of sp³-hybridized carbons (Fsp3) is 0.522. The second-order valence-corrected chi connectivity index (χ2v) is 9.70. The Labute approximate surface area is 182 Å². The molecule has 3 unspecified atom stereocenters. The molecule has 0 N–H and O–H groups in total. The number of rotatable bonds is 5. The molecule has 1 saturated heterocycles. The molecule has 1 saturated carbocycles. The molecule has 1 aliphatic heterocycles. The lowest BCUT2D eigenvalue weighted by Crippen LogP contribution is -2.44. The number of ether oxygens (including phenoxy) is 1. The van der Waals surface area contributed by atoms with Gasteiger partial charge in [0.05, 0.1) is 24.9 Å². The molecule has 6 nitrogen and oxygen atoms in total. The maximum absolute atomic E-state index is 5.66. The number of anilines is 1. The van der Waals surface area contributed by atoms with E-state index in [4.69, 9.17) is 14.7 Å². The highest BCUT2D eigenvalue weighted by Gasteiger charge is 2.39. The largest absolute Gasteiger partial charge is 0.377 e. The zero-order chi connectivity index (χ0) is 20.8. The summed E-state index contributed by atoms with van der Waals surface area (Å²) < 4.78 is 7.86. The van der Waals surface area contributed by atoms with Gasteiger partial charge in [0.25, 0.3) is 0 Å². The van der Waals surface area contributed by atoms with Crippen LogP contribution in [0.1, 0.15) is 44.8 Å². The van der Waals surface area contributed by atoms with Gasteiger partial charge in [0.2, 0.25) is 0 Å². The van der Waals surface area contributed by atoms with Crippen molar-refractivity contribution < 1.29 is 4.74 Å². The Hall–Kier alpha value is -2.12. The van der Waals surface area contributed by atoms with Gasteiger partial charge in [-0.2, -0.15) is 11.8 Å². The highest BCUT2D eigenvalue weighted by atomic mass is 32.2. The third kappa shape index (κ3) is 3.48. The summed E-state index contributed by atoms with van der Waals surface area (Å²) in [6, 6.07) is 7.08. The van der Waals surface area contributed by atoms with E-state index in [1.165, 1.54) is 12.1 Å². The van der Waals surface area contributed by atoms with Gasteiger partial charge in [0.1, 0.15) is 11.5 Å². The Morgan fingerprint density at radius 1 is 1.23 bits per heavy atom. The highest BCUT2D eigenvalue weighted by molar-refractivity contribution is 7.99. The molecule has 0 bridgehead atoms. The Morgan fingerprint density at radius 3 is 2.83 bits per heavy atom. The van der Waals surface area contributed by atoms with Gasteiger partial charge in [0, 0.05) is 53.2 Å². The minimum atomic E-state index is 0.310. The van der Waals surface area contributed by atoms with Crippen molar-refractivity contribution in [2.75, 3.05) is 30.9 Å². The van der Waals surface area contributed by atoms with Crippen LogP contribution in [0.5, 0.6) is 0 Å². The number of fused-ring (bicyclic) bond motifs is 1. The maximum atomic E-state index is 5.66. The van der Waals surface area contributed by atoms with Gasteiger partial charge in [-0.25, -0.2) is 15.0 Å². The molecule has 7 heteroatoms. The number of nitrogens with zero attached hydrogens (tertiary/aromatic N) is 5. The summed E-state index contributed by atoms with van der Waals surface area (Å²) in [6.07, 6.45) is 7.39. The quantitative estimate of drug-likeness (QED) is 0.601. The van der Waals surface area contributed by atoms with Crippen LogP contribution in [0.2, 0.25) is 0 Å². The van der Waals surface area contributed by atoms with Gasteiger partial charge in [-0.3, -0.25) is 0 Å². The standard InChI is InChI=1S/C23H29N5OS/c1-14(2)27-8-6-17-16(5-7-24-23(17)27)22-25-19(18-11-20(18)30-4)12-21(26-22)28-9-10-29-13-15(28)3/h5-8,12,14-15,18,20H,9-11,13H2,1-4H3. The molecule has 4 heterocycles. The molecule has 0 radical (unpaired) electrons. The SMILES string of the molecule is CSC1CC1c1cc(N2CCOCC2C)nc(-c2ccnc3c2ccn3C(C)C)n1. The van der Waals surface area contributed by atoms with Gasteiger partial charge < -0.3 is 14.2 Å². The molecule has 1 aliphatic carbocycles. The first kappa shape index (κ1) is 19.8. The van der Waals surface area contributed by atoms with Crippen molar-refractivity contribution in [1.82, 2.24) is 19.5 Å². The van der Waals surface area contributed by atoms with Crippen molar-refractivity contribution in [2.45, 2.75) is 50.4 Å². The van der Waals surface area contributed by atoms with Crippen LogP contribution in [0, 0.1) is 0 Å². The predicted molar refractivity (Wildman–Crippen MR) is 123 cm³/mol. The number of thioether (sulfide) groups is 1. The summed E-state index contributed by atoms with van der Waals surface area (Å²) >= 11 is 1.94. The first-order valence-corrected chi connectivity index (χ1v) is 12.1. The maximum Gasteiger partial charge on any atom is 0.162 e. The van der Waals surface area contributed by atoms with Gasteiger partial charge in [-0.15, -0.1) is 0 Å². The molecule has 0 aromatic carbocycles. The van der Waals surface area contributed by atoms with Gasteiger partial charge >= 0.3 is 0 Å². The first-order valence-electron chi connectivity index (χ1n) is 10.8. The summed E-state index contributed by atoms with van der Waals surface area (Å²) in [4.78, 5) is 17.1. The van der Waals surface area contributed by atoms with Crippen LogP contribution >= 0.6 is 11.8 Å². The Balaban J connectivity index is 1.63. The lowest BCUT2D eigenvalue weighted by molar-refractivity contribution is 0.0985. The zero-order valence-corrected chi connectivity index (χ0v) is 18.9. The van der Waals surface area contributed by atoms with Crippen molar-refractivity contribution in [3.8, 4) is 11.4 Å². The molecule has 158 valence electrons. The molecule has 2 fully saturated rings. The normalized spacial score (nSPS) is 24.0.